The van der Waals surface area contributed by atoms with Crippen molar-refractivity contribution in [2.24, 2.45) is 5.92 Å². The zero-order valence-corrected chi connectivity index (χ0v) is 16.4. The van der Waals surface area contributed by atoms with Gasteiger partial charge < -0.3 is 4.90 Å². The number of Topliss-reactive ketones (excluding diaryl/α,β-unsaturated/α-hetero) is 1. The highest BCUT2D eigenvalue weighted by atomic mass is 16.2. The average Bonchev–Trinajstić information content (AvgIpc) is 2.89. The van der Waals surface area contributed by atoms with Crippen molar-refractivity contribution < 1.29 is 14.4 Å². The summed E-state index contributed by atoms with van der Waals surface area (Å²) < 4.78 is 0. The Hall–Kier alpha value is -2.17. The van der Waals surface area contributed by atoms with Crippen molar-refractivity contribution in [2.75, 3.05) is 13.6 Å². The lowest BCUT2D eigenvalue weighted by molar-refractivity contribution is -0.133. The number of carbonyl (C=O) groups is 3. The molecule has 0 aromatic heterocycles. The summed E-state index contributed by atoms with van der Waals surface area (Å²) in [6.45, 7) is 2.03. The van der Waals surface area contributed by atoms with E-state index in [2.05, 4.69) is 0 Å². The number of nitrogens with zero attached hydrogens (tertiary/aromatic N) is 2. The molecule has 27 heavy (non-hydrogen) atoms. The summed E-state index contributed by atoms with van der Waals surface area (Å²) in [6.07, 6.45) is 8.11. The molecule has 0 spiro atoms. The summed E-state index contributed by atoms with van der Waals surface area (Å²) in [7, 11) is 1.72. The summed E-state index contributed by atoms with van der Waals surface area (Å²) in [5.41, 5.74) is -0.173. The number of hydrogen-bond donors (Lipinski definition) is 0. The lowest BCUT2D eigenvalue weighted by atomic mass is 9.84. The van der Waals surface area contributed by atoms with Crippen LogP contribution in [0.3, 0.4) is 0 Å². The molecule has 1 atom stereocenters. The van der Waals surface area contributed by atoms with E-state index < -0.39 is 5.54 Å². The topological polar surface area (TPSA) is 57.7 Å². The van der Waals surface area contributed by atoms with Gasteiger partial charge in [0.15, 0.2) is 5.78 Å². The quantitative estimate of drug-likeness (QED) is 0.427. The Morgan fingerprint density at radius 1 is 1.07 bits per heavy atom. The van der Waals surface area contributed by atoms with Crippen LogP contribution in [0.15, 0.2) is 30.3 Å². The van der Waals surface area contributed by atoms with Gasteiger partial charge in [0.05, 0.1) is 0 Å². The van der Waals surface area contributed by atoms with Gasteiger partial charge in [-0.2, -0.15) is 0 Å². The number of rotatable bonds is 6. The molecule has 1 saturated carbocycles. The smallest absolute Gasteiger partial charge is 0.313 e. The third-order valence-electron chi connectivity index (χ3n) is 6.28. The molecule has 1 saturated heterocycles. The summed E-state index contributed by atoms with van der Waals surface area (Å²) >= 11 is 0. The van der Waals surface area contributed by atoms with E-state index >= 15 is 0 Å². The lowest BCUT2D eigenvalue weighted by Crippen LogP contribution is -2.46. The number of ketones is 1. The van der Waals surface area contributed by atoms with Gasteiger partial charge in [-0.15, -0.1) is 0 Å². The molecule has 1 aliphatic heterocycles. The zero-order valence-electron chi connectivity index (χ0n) is 16.4. The van der Waals surface area contributed by atoms with Crippen LogP contribution in [-0.4, -0.2) is 46.7 Å². The van der Waals surface area contributed by atoms with Crippen molar-refractivity contribution in [3.8, 4) is 0 Å². The molecule has 146 valence electrons. The maximum atomic E-state index is 13.1. The van der Waals surface area contributed by atoms with Gasteiger partial charge in [-0.25, -0.2) is 4.79 Å². The van der Waals surface area contributed by atoms with Crippen LogP contribution in [0, 0.1) is 5.92 Å². The Balaban J connectivity index is 1.66. The summed E-state index contributed by atoms with van der Waals surface area (Å²) in [6, 6.07) is 8.74. The van der Waals surface area contributed by atoms with Crippen molar-refractivity contribution in [1.82, 2.24) is 9.80 Å². The maximum absolute atomic E-state index is 13.1. The van der Waals surface area contributed by atoms with Gasteiger partial charge in [-0.3, -0.25) is 14.5 Å². The average molecular weight is 370 g/mol. The van der Waals surface area contributed by atoms with Crippen LogP contribution >= 0.6 is 0 Å². The van der Waals surface area contributed by atoms with Crippen LogP contribution < -0.4 is 0 Å². The van der Waals surface area contributed by atoms with Crippen LogP contribution in [0.1, 0.15) is 68.6 Å². The third kappa shape index (κ3) is 4.07. The van der Waals surface area contributed by atoms with Crippen LogP contribution in [0.5, 0.6) is 0 Å². The van der Waals surface area contributed by atoms with Gasteiger partial charge in [0, 0.05) is 25.6 Å². The molecule has 1 heterocycles. The highest BCUT2D eigenvalue weighted by Crippen LogP contribution is 2.37. The second kappa shape index (κ2) is 8.24. The van der Waals surface area contributed by atoms with Crippen LogP contribution in [0.4, 0.5) is 4.79 Å². The molecule has 1 aliphatic carbocycles. The summed E-state index contributed by atoms with van der Waals surface area (Å²) in [5, 5.41) is 0. The molecule has 1 aromatic rings. The molecule has 5 heteroatoms. The van der Waals surface area contributed by atoms with E-state index in [1.54, 1.807) is 24.1 Å². The standard InChI is InChI=1S/C22H30N2O3/c1-22(16-17-10-6-3-4-7-11-17)20(26)24(21(27)23(22)2)15-14-19(25)18-12-8-5-9-13-18/h5,8-9,12-13,17H,3-4,6-7,10-11,14-16H2,1-2H3. The number of urea groups is 1. The fourth-order valence-corrected chi connectivity index (χ4v) is 4.45. The number of imide groups is 1. The van der Waals surface area contributed by atoms with Gasteiger partial charge in [-0.1, -0.05) is 68.9 Å². The van der Waals surface area contributed by atoms with Gasteiger partial charge in [0.25, 0.3) is 5.91 Å². The number of likely N-dealkylation sites (N-methyl/N-ethyl adjacent to an activating group) is 1. The van der Waals surface area contributed by atoms with E-state index in [-0.39, 0.29) is 30.7 Å². The van der Waals surface area contributed by atoms with E-state index in [4.69, 9.17) is 0 Å². The molecule has 0 N–H and O–H groups in total. The molecule has 3 rings (SSSR count). The molecular formula is C22H30N2O3. The minimum absolute atomic E-state index is 0.0452. The Kier molecular flexibility index (Phi) is 5.98. The molecule has 2 aliphatic rings. The Labute approximate surface area is 161 Å². The first-order valence-corrected chi connectivity index (χ1v) is 10.1. The SMILES string of the molecule is CN1C(=O)N(CCC(=O)c2ccccc2)C(=O)C1(C)CC1CCCCCC1. The summed E-state index contributed by atoms with van der Waals surface area (Å²) in [4.78, 5) is 41.0. The van der Waals surface area contributed by atoms with Crippen molar-refractivity contribution in [3.63, 3.8) is 0 Å². The molecule has 5 nitrogen and oxygen atoms in total. The first kappa shape index (κ1) is 19.6. The van der Waals surface area contributed by atoms with E-state index in [0.717, 1.165) is 19.3 Å². The second-order valence-electron chi connectivity index (χ2n) is 8.17. The van der Waals surface area contributed by atoms with E-state index in [1.165, 1.54) is 30.6 Å². The van der Waals surface area contributed by atoms with Gasteiger partial charge >= 0.3 is 6.03 Å². The minimum atomic E-state index is -0.790. The highest BCUT2D eigenvalue weighted by Gasteiger charge is 2.52. The van der Waals surface area contributed by atoms with Crippen molar-refractivity contribution in [2.45, 2.75) is 63.8 Å². The van der Waals surface area contributed by atoms with Crippen LogP contribution in [0.2, 0.25) is 0 Å². The molecule has 3 amide bonds. The van der Waals surface area contributed by atoms with E-state index in [0.29, 0.717) is 11.5 Å². The number of benzene rings is 1. The lowest BCUT2D eigenvalue weighted by Gasteiger charge is -2.32. The van der Waals surface area contributed by atoms with Crippen molar-refractivity contribution in [3.05, 3.63) is 35.9 Å². The zero-order chi connectivity index (χ0) is 19.4. The molecule has 2 fully saturated rings. The monoisotopic (exact) mass is 370 g/mol. The van der Waals surface area contributed by atoms with Gasteiger partial charge in [0.2, 0.25) is 0 Å². The predicted molar refractivity (Wildman–Crippen MR) is 104 cm³/mol. The number of hydrogen-bond acceptors (Lipinski definition) is 3. The minimum Gasteiger partial charge on any atom is -0.313 e. The van der Waals surface area contributed by atoms with Crippen LogP contribution in [-0.2, 0) is 4.79 Å². The summed E-state index contributed by atoms with van der Waals surface area (Å²) in [5.74, 6) is 0.291. The largest absolute Gasteiger partial charge is 0.327 e. The predicted octanol–water partition coefficient (Wildman–Crippen LogP) is 4.27. The molecular weight excluding hydrogens is 340 g/mol. The first-order valence-electron chi connectivity index (χ1n) is 10.1. The molecule has 1 aromatic carbocycles. The number of amides is 3. The van der Waals surface area contributed by atoms with E-state index in [1.807, 2.05) is 25.1 Å². The van der Waals surface area contributed by atoms with Crippen molar-refractivity contribution >= 4 is 17.7 Å². The third-order valence-corrected chi connectivity index (χ3v) is 6.28. The second-order valence-corrected chi connectivity index (χ2v) is 8.17. The van der Waals surface area contributed by atoms with E-state index in [9.17, 15) is 14.4 Å². The van der Waals surface area contributed by atoms with Crippen LogP contribution in [0.25, 0.3) is 0 Å². The van der Waals surface area contributed by atoms with Gasteiger partial charge in [-0.05, 0) is 19.3 Å². The number of carbonyl (C=O) groups excluding carboxylic acids is 3. The fourth-order valence-electron chi connectivity index (χ4n) is 4.45. The maximum Gasteiger partial charge on any atom is 0.327 e. The normalized spacial score (nSPS) is 24.4. The Morgan fingerprint density at radius 3 is 2.33 bits per heavy atom. The fraction of sp³-hybridized carbons (Fsp3) is 0.591. The molecule has 0 bridgehead atoms. The highest BCUT2D eigenvalue weighted by molar-refractivity contribution is 6.07. The van der Waals surface area contributed by atoms with Gasteiger partial charge in [0.1, 0.15) is 5.54 Å². The van der Waals surface area contributed by atoms with Crippen molar-refractivity contribution in [1.29, 1.82) is 0 Å². The molecule has 1 unspecified atom stereocenters. The molecule has 0 radical (unpaired) electrons. The Morgan fingerprint density at radius 2 is 1.70 bits per heavy atom. The Bertz CT molecular complexity index is 695. The first-order chi connectivity index (χ1) is 12.9.